The summed E-state index contributed by atoms with van der Waals surface area (Å²) in [6, 6.07) is -0.954. The van der Waals surface area contributed by atoms with Crippen LogP contribution >= 0.6 is 0 Å². The Labute approximate surface area is 202 Å². The minimum Gasteiger partial charge on any atom is -0.601 e. The number of rotatable bonds is 8. The Balaban J connectivity index is 2.45. The molecule has 0 radical (unpaired) electrons. The van der Waals surface area contributed by atoms with Crippen LogP contribution in [0.15, 0.2) is 0 Å². The van der Waals surface area contributed by atoms with Crippen molar-refractivity contribution in [1.82, 2.24) is 9.21 Å². The number of cyclic esters (lactones) is 1. The standard InChI is InChI=1S/C13H16F9N3O9S3/c1-25(27,37(32,33)13(20,21)22)36(30,31)12(18,19)10(14,15)11(16,17)35(28,29)24-5-3-23(4-6-24)8-2-7-34-9(8)26/h8H,2-7H2,1H3. The van der Waals surface area contributed by atoms with E-state index < -0.39 is 105 Å². The smallest absolute Gasteiger partial charge is 0.551 e. The SMILES string of the molecule is C[N+]([O-])(S(=O)(=O)C(F)(F)F)S(=O)(=O)C(F)(F)C(F)(F)C(F)(F)S(=O)(=O)N1CCN(C2CCOC2=O)CC1. The first-order chi connectivity index (χ1) is 16.2. The molecule has 218 valence electrons. The van der Waals surface area contributed by atoms with E-state index in [-0.39, 0.29) is 13.0 Å². The molecule has 2 fully saturated rings. The van der Waals surface area contributed by atoms with Gasteiger partial charge in [0.1, 0.15) is 6.04 Å². The minimum absolute atomic E-state index is 0.0446. The first-order valence-electron chi connectivity index (χ1n) is 9.41. The lowest BCUT2D eigenvalue weighted by atomic mass is 10.2. The maximum Gasteiger partial charge on any atom is 0.551 e. The van der Waals surface area contributed by atoms with Gasteiger partial charge in [-0.25, -0.2) is 8.42 Å². The van der Waals surface area contributed by atoms with Gasteiger partial charge in [-0.2, -0.15) is 60.7 Å². The highest BCUT2D eigenvalue weighted by Crippen LogP contribution is 2.54. The zero-order valence-electron chi connectivity index (χ0n) is 18.0. The molecular weight excluding hydrogens is 609 g/mol. The highest BCUT2D eigenvalue weighted by atomic mass is 32.3. The maximum absolute atomic E-state index is 14.5. The molecule has 0 saturated carbocycles. The predicted octanol–water partition coefficient (Wildman–Crippen LogP) is 0.194. The number of carbonyl (C=O) groups excluding carboxylic acids is 1. The van der Waals surface area contributed by atoms with Crippen molar-refractivity contribution in [2.75, 3.05) is 39.8 Å². The van der Waals surface area contributed by atoms with Crippen LogP contribution in [-0.4, -0.2) is 112 Å². The Kier molecular flexibility index (Phi) is 7.76. The lowest BCUT2D eigenvalue weighted by Crippen LogP contribution is -2.69. The summed E-state index contributed by atoms with van der Waals surface area (Å²) in [4.78, 5) is 12.8. The highest BCUT2D eigenvalue weighted by Gasteiger charge is 2.86. The van der Waals surface area contributed by atoms with E-state index in [1.165, 1.54) is 4.90 Å². The summed E-state index contributed by atoms with van der Waals surface area (Å²) < 4.78 is 193. The molecule has 2 aliphatic rings. The van der Waals surface area contributed by atoms with Gasteiger partial charge in [-0.05, 0) is 0 Å². The first-order valence-corrected chi connectivity index (χ1v) is 13.7. The Morgan fingerprint density at radius 2 is 1.30 bits per heavy atom. The van der Waals surface area contributed by atoms with Gasteiger partial charge in [-0.15, -0.1) is 3.46 Å². The van der Waals surface area contributed by atoms with E-state index in [1.54, 1.807) is 0 Å². The molecule has 0 aliphatic carbocycles. The average Bonchev–Trinajstić information content (AvgIpc) is 3.18. The Morgan fingerprint density at radius 1 is 0.838 bits per heavy atom. The van der Waals surface area contributed by atoms with E-state index in [1.807, 2.05) is 0 Å². The fourth-order valence-electron chi connectivity index (χ4n) is 3.25. The van der Waals surface area contributed by atoms with Crippen LogP contribution in [0.5, 0.6) is 0 Å². The van der Waals surface area contributed by atoms with Gasteiger partial charge in [-0.1, -0.05) is 0 Å². The first kappa shape index (κ1) is 31.7. The molecule has 2 saturated heterocycles. The molecular formula is C13H16F9N3O9S3. The second-order valence-corrected chi connectivity index (χ2v) is 14.2. The number of piperazine rings is 1. The zero-order chi connectivity index (χ0) is 29.3. The summed E-state index contributed by atoms with van der Waals surface area (Å²) in [7, 11) is -24.4. The molecule has 0 aromatic carbocycles. The fraction of sp³-hybridized carbons (Fsp3) is 0.923. The number of sulfonamides is 3. The molecule has 12 nitrogen and oxygen atoms in total. The lowest BCUT2D eigenvalue weighted by Gasteiger charge is -2.41. The molecule has 24 heteroatoms. The van der Waals surface area contributed by atoms with Crippen LogP contribution in [-0.2, 0) is 39.6 Å². The molecule has 0 spiro atoms. The number of hydrogen-bond acceptors (Lipinski definition) is 10. The van der Waals surface area contributed by atoms with Crippen molar-refractivity contribution in [1.29, 1.82) is 0 Å². The number of quaternary nitrogens is 1. The molecule has 2 heterocycles. The van der Waals surface area contributed by atoms with Crippen LogP contribution in [0.4, 0.5) is 39.5 Å². The topological polar surface area (TPSA) is 158 Å². The van der Waals surface area contributed by atoms with Gasteiger partial charge in [0.15, 0.2) is 0 Å². The Bertz CT molecular complexity index is 1240. The van der Waals surface area contributed by atoms with Gasteiger partial charge >= 0.3 is 48.0 Å². The van der Waals surface area contributed by atoms with E-state index >= 15 is 0 Å². The second-order valence-electron chi connectivity index (χ2n) is 7.69. The summed E-state index contributed by atoms with van der Waals surface area (Å²) in [6.45, 7) is -3.46. The molecule has 2 rings (SSSR count). The molecule has 0 aromatic heterocycles. The molecule has 37 heavy (non-hydrogen) atoms. The quantitative estimate of drug-likeness (QED) is 0.158. The van der Waals surface area contributed by atoms with Gasteiger partial charge in [0.05, 0.1) is 13.7 Å². The van der Waals surface area contributed by atoms with E-state index in [9.17, 15) is 74.8 Å². The molecule has 2 atom stereocenters. The molecule has 0 aromatic rings. The van der Waals surface area contributed by atoms with Crippen molar-refractivity contribution in [3.05, 3.63) is 5.21 Å². The number of carbonyl (C=O) groups is 1. The number of halogens is 9. The van der Waals surface area contributed by atoms with Crippen LogP contribution in [0.2, 0.25) is 0 Å². The van der Waals surface area contributed by atoms with Gasteiger partial charge in [-0.3, -0.25) is 9.69 Å². The third-order valence-corrected chi connectivity index (χ3v) is 11.9. The predicted molar refractivity (Wildman–Crippen MR) is 99.7 cm³/mol. The van der Waals surface area contributed by atoms with Gasteiger partial charge in [0.2, 0.25) is 0 Å². The average molecular weight is 625 g/mol. The van der Waals surface area contributed by atoms with Gasteiger partial charge in [0, 0.05) is 32.6 Å². The van der Waals surface area contributed by atoms with Gasteiger partial charge in [0.25, 0.3) is 10.0 Å². The van der Waals surface area contributed by atoms with Crippen molar-refractivity contribution in [2.45, 2.75) is 34.4 Å². The number of alkyl halides is 9. The normalized spacial score (nSPS) is 24.1. The maximum atomic E-state index is 14.5. The van der Waals surface area contributed by atoms with E-state index in [4.69, 9.17) is 0 Å². The van der Waals surface area contributed by atoms with E-state index in [0.29, 0.717) is 0 Å². The minimum atomic E-state index is -8.37. The Hall–Kier alpha value is -1.47. The van der Waals surface area contributed by atoms with Crippen molar-refractivity contribution in [3.8, 4) is 0 Å². The third-order valence-electron chi connectivity index (χ3n) is 5.51. The lowest BCUT2D eigenvalue weighted by molar-refractivity contribution is -0.594. The summed E-state index contributed by atoms with van der Waals surface area (Å²) >= 11 is 0. The molecule has 0 amide bonds. The largest absolute Gasteiger partial charge is 0.601 e. The van der Waals surface area contributed by atoms with Crippen molar-refractivity contribution in [2.24, 2.45) is 0 Å². The molecule has 2 unspecified atom stereocenters. The van der Waals surface area contributed by atoms with Crippen molar-refractivity contribution >= 4 is 36.0 Å². The molecule has 0 bridgehead atoms. The number of hydroxylamine groups is 1. The molecule has 2 aliphatic heterocycles. The van der Waals surface area contributed by atoms with Crippen molar-refractivity contribution in [3.63, 3.8) is 0 Å². The van der Waals surface area contributed by atoms with Crippen LogP contribution < -0.4 is 0 Å². The zero-order valence-corrected chi connectivity index (χ0v) is 20.4. The monoisotopic (exact) mass is 625 g/mol. The number of hydrogen-bond donors (Lipinski definition) is 0. The number of nitrogens with zero attached hydrogens (tertiary/aromatic N) is 3. The summed E-state index contributed by atoms with van der Waals surface area (Å²) in [6.07, 6.45) is 0.0942. The summed E-state index contributed by atoms with van der Waals surface area (Å²) in [5, 5.41) is -3.05. The summed E-state index contributed by atoms with van der Waals surface area (Å²) in [5.74, 6) is -8.44. The van der Waals surface area contributed by atoms with E-state index in [0.717, 1.165) is 0 Å². The molecule has 0 N–H and O–H groups in total. The third kappa shape index (κ3) is 4.36. The fourth-order valence-corrected chi connectivity index (χ4v) is 7.55. The van der Waals surface area contributed by atoms with Crippen LogP contribution in [0.1, 0.15) is 6.42 Å². The van der Waals surface area contributed by atoms with Crippen LogP contribution in [0, 0.1) is 5.21 Å². The second kappa shape index (κ2) is 9.04. The van der Waals surface area contributed by atoms with Crippen LogP contribution in [0.25, 0.3) is 0 Å². The van der Waals surface area contributed by atoms with Crippen LogP contribution in [0.3, 0.4) is 0 Å². The highest BCUT2D eigenvalue weighted by molar-refractivity contribution is 7.99. The number of esters is 1. The van der Waals surface area contributed by atoms with Crippen molar-refractivity contribution < 1.29 is 77.8 Å². The number of ether oxygens (including phenoxy) is 1. The summed E-state index contributed by atoms with van der Waals surface area (Å²) in [5.41, 5.74) is -6.94. The Morgan fingerprint density at radius 3 is 1.68 bits per heavy atom. The van der Waals surface area contributed by atoms with Gasteiger partial charge < -0.3 is 9.94 Å². The van der Waals surface area contributed by atoms with E-state index in [2.05, 4.69) is 4.74 Å².